The Morgan fingerprint density at radius 3 is 2.57 bits per heavy atom. The lowest BCUT2D eigenvalue weighted by atomic mass is 10.0. The quantitative estimate of drug-likeness (QED) is 0.519. The lowest BCUT2D eigenvalue weighted by Crippen LogP contribution is -2.14. The highest BCUT2D eigenvalue weighted by molar-refractivity contribution is 5.76. The number of hydrogen-bond donors (Lipinski definition) is 1. The summed E-state index contributed by atoms with van der Waals surface area (Å²) in [6, 6.07) is 6.79. The van der Waals surface area contributed by atoms with E-state index >= 15 is 0 Å². The molecule has 0 aromatic heterocycles. The van der Waals surface area contributed by atoms with Crippen LogP contribution in [0.5, 0.6) is 0 Å². The third kappa shape index (κ3) is 6.31. The van der Waals surface area contributed by atoms with Gasteiger partial charge in [-0.3, -0.25) is 0 Å². The molecule has 3 heteroatoms. The highest BCUT2D eigenvalue weighted by atomic mass is 19.1. The first-order chi connectivity index (χ1) is 11.0. The van der Waals surface area contributed by atoms with E-state index in [1.54, 1.807) is 12.1 Å². The van der Waals surface area contributed by atoms with E-state index in [9.17, 15) is 4.39 Å². The second-order valence-electron chi connectivity index (χ2n) is 5.80. The number of halogens is 1. The molecule has 1 aromatic carbocycles. The third-order valence-corrected chi connectivity index (χ3v) is 3.20. The van der Waals surface area contributed by atoms with E-state index in [1.165, 1.54) is 6.07 Å². The van der Waals surface area contributed by atoms with E-state index in [0.717, 1.165) is 23.6 Å². The molecule has 1 aromatic rings. The average Bonchev–Trinajstić information content (AvgIpc) is 2.51. The highest BCUT2D eigenvalue weighted by Gasteiger charge is 2.09. The first-order valence-electron chi connectivity index (χ1n) is 8.16. The Labute approximate surface area is 139 Å². The van der Waals surface area contributed by atoms with E-state index in [0.29, 0.717) is 18.1 Å². The summed E-state index contributed by atoms with van der Waals surface area (Å²) < 4.78 is 20.1. The minimum atomic E-state index is -0.235. The monoisotopic (exact) mass is 317 g/mol. The van der Waals surface area contributed by atoms with Crippen molar-refractivity contribution in [2.24, 2.45) is 5.92 Å². The number of nitrogens with one attached hydrogen (secondary N) is 1. The fourth-order valence-electron chi connectivity index (χ4n) is 2.10. The van der Waals surface area contributed by atoms with Crippen LogP contribution in [0.1, 0.15) is 40.2 Å². The summed E-state index contributed by atoms with van der Waals surface area (Å²) in [7, 11) is 0. The molecule has 23 heavy (non-hydrogen) atoms. The Morgan fingerprint density at radius 1 is 1.30 bits per heavy atom. The Morgan fingerprint density at radius 2 is 2.00 bits per heavy atom. The SMILES string of the molecule is C\C=C/C(=C\C(OCC(C)C)=C(\C)NCC)c1ccccc1F. The predicted molar refractivity (Wildman–Crippen MR) is 96.4 cm³/mol. The Hall–Kier alpha value is -2.03. The van der Waals surface area contributed by atoms with Crippen LogP contribution in [0.3, 0.4) is 0 Å². The Kier molecular flexibility index (Phi) is 8.17. The molecule has 0 saturated carbocycles. The minimum absolute atomic E-state index is 0.235. The standard InChI is InChI=1S/C20H28FNO/c1-6-10-17(18-11-8-9-12-19(18)21)13-20(16(5)22-7-2)23-14-15(3)4/h6,8-13,15,22H,7,14H2,1-5H3/b10-6-,17-13+,20-16+. The van der Waals surface area contributed by atoms with Gasteiger partial charge in [-0.1, -0.05) is 44.2 Å². The second-order valence-corrected chi connectivity index (χ2v) is 5.80. The molecule has 0 unspecified atom stereocenters. The van der Waals surface area contributed by atoms with Crippen LogP contribution in [-0.4, -0.2) is 13.2 Å². The maximum atomic E-state index is 14.1. The molecule has 0 fully saturated rings. The predicted octanol–water partition coefficient (Wildman–Crippen LogP) is 5.30. The van der Waals surface area contributed by atoms with Gasteiger partial charge in [-0.25, -0.2) is 4.39 Å². The van der Waals surface area contributed by atoms with Crippen molar-refractivity contribution in [2.75, 3.05) is 13.2 Å². The van der Waals surface area contributed by atoms with Crippen LogP contribution < -0.4 is 5.32 Å². The van der Waals surface area contributed by atoms with Crippen molar-refractivity contribution in [3.63, 3.8) is 0 Å². The van der Waals surface area contributed by atoms with E-state index < -0.39 is 0 Å². The van der Waals surface area contributed by atoms with Crippen molar-refractivity contribution in [1.82, 2.24) is 5.32 Å². The zero-order valence-corrected chi connectivity index (χ0v) is 14.8. The van der Waals surface area contributed by atoms with Crippen molar-refractivity contribution < 1.29 is 9.13 Å². The minimum Gasteiger partial charge on any atom is -0.492 e. The summed E-state index contributed by atoms with van der Waals surface area (Å²) in [6.45, 7) is 11.6. The largest absolute Gasteiger partial charge is 0.492 e. The maximum absolute atomic E-state index is 14.1. The molecule has 0 aliphatic rings. The Bertz CT molecular complexity index is 585. The topological polar surface area (TPSA) is 21.3 Å². The fourth-order valence-corrected chi connectivity index (χ4v) is 2.10. The smallest absolute Gasteiger partial charge is 0.138 e. The van der Waals surface area contributed by atoms with Crippen molar-refractivity contribution in [3.8, 4) is 0 Å². The van der Waals surface area contributed by atoms with Crippen LogP contribution in [-0.2, 0) is 4.74 Å². The van der Waals surface area contributed by atoms with Gasteiger partial charge in [-0.05, 0) is 44.4 Å². The third-order valence-electron chi connectivity index (χ3n) is 3.20. The van der Waals surface area contributed by atoms with Gasteiger partial charge in [0.05, 0.1) is 12.3 Å². The summed E-state index contributed by atoms with van der Waals surface area (Å²) in [5.41, 5.74) is 2.31. The lowest BCUT2D eigenvalue weighted by Gasteiger charge is -2.15. The summed E-state index contributed by atoms with van der Waals surface area (Å²) in [6.07, 6.45) is 5.70. The van der Waals surface area contributed by atoms with Gasteiger partial charge < -0.3 is 10.1 Å². The molecule has 0 heterocycles. The molecule has 2 nitrogen and oxygen atoms in total. The zero-order valence-electron chi connectivity index (χ0n) is 14.8. The van der Waals surface area contributed by atoms with Crippen LogP contribution in [0, 0.1) is 11.7 Å². The number of allylic oxidation sites excluding steroid dienone is 5. The van der Waals surface area contributed by atoms with E-state index in [2.05, 4.69) is 19.2 Å². The zero-order chi connectivity index (χ0) is 17.2. The van der Waals surface area contributed by atoms with Gasteiger partial charge in [-0.2, -0.15) is 0 Å². The fraction of sp³-hybridized carbons (Fsp3) is 0.400. The molecule has 0 amide bonds. The van der Waals surface area contributed by atoms with Gasteiger partial charge in [0, 0.05) is 12.1 Å². The van der Waals surface area contributed by atoms with Gasteiger partial charge in [-0.15, -0.1) is 0 Å². The highest BCUT2D eigenvalue weighted by Crippen LogP contribution is 2.23. The van der Waals surface area contributed by atoms with E-state index in [1.807, 2.05) is 45.1 Å². The molecule has 1 N–H and O–H groups in total. The van der Waals surface area contributed by atoms with E-state index in [4.69, 9.17) is 4.74 Å². The molecule has 0 spiro atoms. The Balaban J connectivity index is 3.28. The normalized spacial score (nSPS) is 13.4. The average molecular weight is 317 g/mol. The number of benzene rings is 1. The van der Waals surface area contributed by atoms with Crippen molar-refractivity contribution in [2.45, 2.75) is 34.6 Å². The molecule has 0 bridgehead atoms. The van der Waals surface area contributed by atoms with Crippen LogP contribution in [0.4, 0.5) is 4.39 Å². The van der Waals surface area contributed by atoms with Crippen molar-refractivity contribution >= 4 is 5.57 Å². The van der Waals surface area contributed by atoms with E-state index in [-0.39, 0.29) is 5.82 Å². The molecule has 1 rings (SSSR count). The molecule has 0 saturated heterocycles. The van der Waals surface area contributed by atoms with Crippen molar-refractivity contribution in [3.05, 3.63) is 65.3 Å². The van der Waals surface area contributed by atoms with Crippen molar-refractivity contribution in [1.29, 1.82) is 0 Å². The molecular formula is C20H28FNO. The number of ether oxygens (including phenoxy) is 1. The molecule has 126 valence electrons. The van der Waals surface area contributed by atoms with Gasteiger partial charge in [0.2, 0.25) is 0 Å². The summed E-state index contributed by atoms with van der Waals surface area (Å²) in [5, 5.41) is 3.28. The molecule has 0 atom stereocenters. The van der Waals surface area contributed by atoms with Gasteiger partial charge >= 0.3 is 0 Å². The second kappa shape index (κ2) is 9.88. The molecule has 0 radical (unpaired) electrons. The number of hydrogen-bond acceptors (Lipinski definition) is 2. The number of rotatable bonds is 8. The first kappa shape index (κ1) is 19.0. The van der Waals surface area contributed by atoms with Crippen LogP contribution in [0.15, 0.2) is 53.9 Å². The van der Waals surface area contributed by atoms with Gasteiger partial charge in [0.15, 0.2) is 0 Å². The first-order valence-corrected chi connectivity index (χ1v) is 8.16. The van der Waals surface area contributed by atoms with Gasteiger partial charge in [0.25, 0.3) is 0 Å². The molecule has 0 aliphatic heterocycles. The summed E-state index contributed by atoms with van der Waals surface area (Å²) >= 11 is 0. The van der Waals surface area contributed by atoms with Crippen LogP contribution in [0.2, 0.25) is 0 Å². The van der Waals surface area contributed by atoms with Gasteiger partial charge in [0.1, 0.15) is 11.6 Å². The van der Waals surface area contributed by atoms with Crippen LogP contribution in [0.25, 0.3) is 5.57 Å². The maximum Gasteiger partial charge on any atom is 0.138 e. The molecular weight excluding hydrogens is 289 g/mol. The molecule has 0 aliphatic carbocycles. The van der Waals surface area contributed by atoms with Crippen LogP contribution >= 0.6 is 0 Å². The summed E-state index contributed by atoms with van der Waals surface area (Å²) in [4.78, 5) is 0. The summed E-state index contributed by atoms with van der Waals surface area (Å²) in [5.74, 6) is 0.935. The lowest BCUT2D eigenvalue weighted by molar-refractivity contribution is 0.186.